The molecule has 8 nitrogen and oxygen atoms in total. The Morgan fingerprint density at radius 3 is 2.12 bits per heavy atom. The van der Waals surface area contributed by atoms with Gasteiger partial charge in [-0.2, -0.15) is 0 Å². The number of carbonyl (C=O) groups is 2. The molecule has 1 N–H and O–H groups in total. The molecule has 2 saturated heterocycles. The van der Waals surface area contributed by atoms with Gasteiger partial charge in [0.25, 0.3) is 5.91 Å². The topological polar surface area (TPSA) is 81.7 Å². The van der Waals surface area contributed by atoms with Gasteiger partial charge in [0, 0.05) is 45.0 Å². The van der Waals surface area contributed by atoms with Crippen LogP contribution in [0.5, 0.6) is 0 Å². The fourth-order valence-corrected chi connectivity index (χ4v) is 4.54. The van der Waals surface area contributed by atoms with Gasteiger partial charge in [-0.3, -0.25) is 9.69 Å². The highest BCUT2D eigenvalue weighted by atomic mass is 16.2. The Kier molecular flexibility index (Phi) is 5.75. The average Bonchev–Trinajstić information content (AvgIpc) is 3.11. The van der Waals surface area contributed by atoms with Crippen molar-refractivity contribution in [1.82, 2.24) is 25.1 Å². The van der Waals surface area contributed by atoms with Crippen LogP contribution >= 0.6 is 0 Å². The maximum absolute atomic E-state index is 13.8. The monoisotopic (exact) mass is 442 g/mol. The molecule has 0 radical (unpaired) electrons. The zero-order chi connectivity index (χ0) is 22.7. The first-order valence-corrected chi connectivity index (χ1v) is 11.1. The van der Waals surface area contributed by atoms with Crippen LogP contribution < -0.4 is 10.2 Å². The Hall–Kier alpha value is -3.78. The van der Waals surface area contributed by atoms with E-state index in [-0.39, 0.29) is 18.6 Å². The molecule has 3 heterocycles. The minimum absolute atomic E-state index is 0.212. The van der Waals surface area contributed by atoms with Crippen molar-refractivity contribution in [2.24, 2.45) is 0 Å². The molecular weight excluding hydrogens is 416 g/mol. The molecule has 1 atom stereocenters. The SMILES string of the molecule is O=C1N[C@](Cc2ccccc2)(c2ccccc2)C(=O)N1CN1CCN(c2ncccn2)CC1. The molecule has 3 aromatic rings. The number of carbonyl (C=O) groups excluding carboxylic acids is 2. The highest BCUT2D eigenvalue weighted by Crippen LogP contribution is 2.33. The van der Waals surface area contributed by atoms with Gasteiger partial charge in [0.1, 0.15) is 0 Å². The molecule has 0 aliphatic carbocycles. The number of aromatic nitrogens is 2. The fourth-order valence-electron chi connectivity index (χ4n) is 4.54. The van der Waals surface area contributed by atoms with Crippen molar-refractivity contribution in [3.05, 3.63) is 90.3 Å². The van der Waals surface area contributed by atoms with E-state index in [1.807, 2.05) is 60.7 Å². The van der Waals surface area contributed by atoms with Crippen molar-refractivity contribution in [2.45, 2.75) is 12.0 Å². The van der Waals surface area contributed by atoms with E-state index in [0.717, 1.165) is 24.2 Å². The third-order valence-electron chi connectivity index (χ3n) is 6.30. The molecule has 8 heteroatoms. The van der Waals surface area contributed by atoms with Gasteiger partial charge in [-0.1, -0.05) is 60.7 Å². The Bertz CT molecular complexity index is 1100. The quantitative estimate of drug-likeness (QED) is 0.590. The van der Waals surface area contributed by atoms with Crippen molar-refractivity contribution in [1.29, 1.82) is 0 Å². The van der Waals surface area contributed by atoms with Crippen LogP contribution in [0.15, 0.2) is 79.1 Å². The average molecular weight is 443 g/mol. The number of nitrogens with zero attached hydrogens (tertiary/aromatic N) is 5. The van der Waals surface area contributed by atoms with Crippen LogP contribution in [0.1, 0.15) is 11.1 Å². The number of benzene rings is 2. The van der Waals surface area contributed by atoms with E-state index in [4.69, 9.17) is 0 Å². The van der Waals surface area contributed by atoms with Gasteiger partial charge in [0.15, 0.2) is 5.54 Å². The van der Waals surface area contributed by atoms with Crippen LogP contribution in [-0.4, -0.2) is 64.6 Å². The summed E-state index contributed by atoms with van der Waals surface area (Å²) in [5.74, 6) is 0.495. The third-order valence-corrected chi connectivity index (χ3v) is 6.30. The summed E-state index contributed by atoms with van der Waals surface area (Å²) >= 11 is 0. The van der Waals surface area contributed by atoms with Gasteiger partial charge in [-0.25, -0.2) is 19.7 Å². The minimum atomic E-state index is -1.11. The number of nitrogens with one attached hydrogen (secondary N) is 1. The minimum Gasteiger partial charge on any atom is -0.338 e. The highest BCUT2D eigenvalue weighted by Gasteiger charge is 2.52. The molecule has 5 rings (SSSR count). The second kappa shape index (κ2) is 8.99. The van der Waals surface area contributed by atoms with Crippen LogP contribution in [0.25, 0.3) is 0 Å². The van der Waals surface area contributed by atoms with Gasteiger partial charge in [0.05, 0.1) is 6.67 Å². The molecule has 0 saturated carbocycles. The predicted octanol–water partition coefficient (Wildman–Crippen LogP) is 2.25. The highest BCUT2D eigenvalue weighted by molar-refractivity contribution is 6.07. The smallest absolute Gasteiger partial charge is 0.326 e. The zero-order valence-corrected chi connectivity index (χ0v) is 18.3. The first kappa shape index (κ1) is 21.1. The number of hydrogen-bond donors (Lipinski definition) is 1. The number of hydrogen-bond acceptors (Lipinski definition) is 6. The van der Waals surface area contributed by atoms with Crippen LogP contribution in [-0.2, 0) is 16.8 Å². The number of rotatable bonds is 6. The van der Waals surface area contributed by atoms with Crippen LogP contribution in [0.3, 0.4) is 0 Å². The number of urea groups is 1. The Morgan fingerprint density at radius 1 is 0.818 bits per heavy atom. The van der Waals surface area contributed by atoms with E-state index in [9.17, 15) is 9.59 Å². The second-order valence-electron chi connectivity index (χ2n) is 8.39. The molecule has 0 unspecified atom stereocenters. The van der Waals surface area contributed by atoms with Crippen LogP contribution in [0, 0.1) is 0 Å². The van der Waals surface area contributed by atoms with Gasteiger partial charge in [0.2, 0.25) is 5.95 Å². The largest absolute Gasteiger partial charge is 0.338 e. The Morgan fingerprint density at radius 2 is 1.45 bits per heavy atom. The summed E-state index contributed by atoms with van der Waals surface area (Å²) in [5.41, 5.74) is 0.674. The summed E-state index contributed by atoms with van der Waals surface area (Å²) < 4.78 is 0. The lowest BCUT2D eigenvalue weighted by atomic mass is 9.83. The molecule has 33 heavy (non-hydrogen) atoms. The molecular formula is C25H26N6O2. The zero-order valence-electron chi connectivity index (χ0n) is 18.3. The molecule has 2 fully saturated rings. The summed E-state index contributed by atoms with van der Waals surface area (Å²) in [7, 11) is 0. The summed E-state index contributed by atoms with van der Waals surface area (Å²) in [6.45, 7) is 3.17. The molecule has 3 amide bonds. The summed E-state index contributed by atoms with van der Waals surface area (Å²) in [5, 5.41) is 3.04. The van der Waals surface area contributed by atoms with Crippen molar-refractivity contribution >= 4 is 17.9 Å². The Balaban J connectivity index is 1.33. The van der Waals surface area contributed by atoms with Gasteiger partial charge < -0.3 is 10.2 Å². The van der Waals surface area contributed by atoms with Crippen molar-refractivity contribution in [3.63, 3.8) is 0 Å². The van der Waals surface area contributed by atoms with Gasteiger partial charge in [-0.05, 0) is 17.2 Å². The van der Waals surface area contributed by atoms with Gasteiger partial charge >= 0.3 is 6.03 Å². The first-order valence-electron chi connectivity index (χ1n) is 11.1. The van der Waals surface area contributed by atoms with Crippen molar-refractivity contribution in [3.8, 4) is 0 Å². The van der Waals surface area contributed by atoms with Crippen LogP contribution in [0.4, 0.5) is 10.7 Å². The lowest BCUT2D eigenvalue weighted by Crippen LogP contribution is -2.52. The number of imide groups is 1. The van der Waals surface area contributed by atoms with Gasteiger partial charge in [-0.15, -0.1) is 0 Å². The van der Waals surface area contributed by atoms with E-state index in [2.05, 4.69) is 25.1 Å². The number of anilines is 1. The molecule has 168 valence electrons. The molecule has 1 aromatic heterocycles. The fraction of sp³-hybridized carbons (Fsp3) is 0.280. The standard InChI is InChI=1S/C25H26N6O2/c32-22-25(21-10-5-2-6-11-21,18-20-8-3-1-4-9-20)28-24(33)31(22)19-29-14-16-30(17-15-29)23-26-12-7-13-27-23/h1-13H,14-19H2,(H,28,33)/t25-/m1/s1. The lowest BCUT2D eigenvalue weighted by molar-refractivity contribution is -0.133. The molecule has 2 aliphatic rings. The molecule has 0 spiro atoms. The Labute approximate surface area is 192 Å². The lowest BCUT2D eigenvalue weighted by Gasteiger charge is -2.36. The van der Waals surface area contributed by atoms with Crippen molar-refractivity contribution in [2.75, 3.05) is 37.7 Å². The second-order valence-corrected chi connectivity index (χ2v) is 8.39. The van der Waals surface area contributed by atoms with E-state index >= 15 is 0 Å². The van der Waals surface area contributed by atoms with E-state index in [1.54, 1.807) is 18.5 Å². The summed E-state index contributed by atoms with van der Waals surface area (Å²) in [6, 6.07) is 20.8. The van der Waals surface area contributed by atoms with Crippen LogP contribution in [0.2, 0.25) is 0 Å². The maximum Gasteiger partial charge on any atom is 0.326 e. The third kappa shape index (κ3) is 4.17. The molecule has 0 bridgehead atoms. The molecule has 2 aliphatic heterocycles. The predicted molar refractivity (Wildman–Crippen MR) is 124 cm³/mol. The summed E-state index contributed by atoms with van der Waals surface area (Å²) in [6.07, 6.45) is 3.87. The first-order chi connectivity index (χ1) is 16.2. The number of piperazine rings is 1. The normalized spacial score (nSPS) is 21.3. The van der Waals surface area contributed by atoms with Crippen molar-refractivity contribution < 1.29 is 9.59 Å². The van der Waals surface area contributed by atoms with E-state index in [1.165, 1.54) is 4.90 Å². The number of amides is 3. The van der Waals surface area contributed by atoms with E-state index in [0.29, 0.717) is 25.5 Å². The van der Waals surface area contributed by atoms with E-state index < -0.39 is 5.54 Å². The summed E-state index contributed by atoms with van der Waals surface area (Å²) in [4.78, 5) is 41.1. The maximum atomic E-state index is 13.8. The molecule has 2 aromatic carbocycles.